The van der Waals surface area contributed by atoms with Crippen molar-refractivity contribution in [2.45, 2.75) is 11.8 Å². The molecule has 8 nitrogen and oxygen atoms in total. The molecule has 0 saturated carbocycles. The first-order valence-corrected chi connectivity index (χ1v) is 11.0. The summed E-state index contributed by atoms with van der Waals surface area (Å²) in [5.41, 5.74) is 0.335. The van der Waals surface area contributed by atoms with Gasteiger partial charge in [0.05, 0.1) is 18.4 Å². The number of thioether (sulfide) groups is 1. The predicted octanol–water partition coefficient (Wildman–Crippen LogP) is 3.74. The molecule has 0 radical (unpaired) electrons. The van der Waals surface area contributed by atoms with Crippen molar-refractivity contribution in [3.05, 3.63) is 51.6 Å². The lowest BCUT2D eigenvalue weighted by atomic mass is 10.3. The molecule has 0 bridgehead atoms. The van der Waals surface area contributed by atoms with Crippen molar-refractivity contribution in [1.29, 1.82) is 0 Å². The third-order valence-corrected chi connectivity index (χ3v) is 6.14. The maximum atomic E-state index is 12.2. The van der Waals surface area contributed by atoms with Gasteiger partial charge in [-0.3, -0.25) is 4.79 Å². The van der Waals surface area contributed by atoms with E-state index in [1.807, 2.05) is 31.3 Å². The Labute approximate surface area is 183 Å². The number of amides is 1. The average molecular weight is 497 g/mol. The van der Waals surface area contributed by atoms with E-state index in [9.17, 15) is 9.59 Å². The van der Waals surface area contributed by atoms with E-state index in [1.165, 1.54) is 30.2 Å². The second-order valence-corrected chi connectivity index (χ2v) is 8.47. The van der Waals surface area contributed by atoms with E-state index in [0.717, 1.165) is 10.2 Å². The molecule has 2 aromatic heterocycles. The molecular formula is C18H17BrN4O4S2. The van der Waals surface area contributed by atoms with Crippen LogP contribution in [-0.4, -0.2) is 39.5 Å². The Morgan fingerprint density at radius 3 is 2.72 bits per heavy atom. The van der Waals surface area contributed by atoms with Crippen LogP contribution in [0.3, 0.4) is 0 Å². The number of hydrogen-bond donors (Lipinski definition) is 1. The molecule has 3 rings (SSSR count). The maximum absolute atomic E-state index is 12.2. The Morgan fingerprint density at radius 2 is 2.00 bits per heavy atom. The van der Waals surface area contributed by atoms with E-state index in [2.05, 4.69) is 31.4 Å². The topological polar surface area (TPSA) is 95.3 Å². The molecule has 0 unspecified atom stereocenters. The fourth-order valence-electron chi connectivity index (χ4n) is 2.24. The van der Waals surface area contributed by atoms with Gasteiger partial charge in [0, 0.05) is 11.5 Å². The minimum Gasteiger partial charge on any atom is -0.486 e. The zero-order valence-corrected chi connectivity index (χ0v) is 18.8. The number of halogens is 1. The number of methoxy groups -OCH3 is 1. The summed E-state index contributed by atoms with van der Waals surface area (Å²) in [4.78, 5) is 23.9. The highest BCUT2D eigenvalue weighted by molar-refractivity contribution is 9.10. The Hall–Kier alpha value is -2.37. The van der Waals surface area contributed by atoms with Crippen LogP contribution in [0.2, 0.25) is 0 Å². The lowest BCUT2D eigenvalue weighted by Gasteiger charge is -2.07. The molecule has 0 spiro atoms. The van der Waals surface area contributed by atoms with Gasteiger partial charge in [0.25, 0.3) is 0 Å². The van der Waals surface area contributed by atoms with Gasteiger partial charge in [-0.25, -0.2) is 4.79 Å². The summed E-state index contributed by atoms with van der Waals surface area (Å²) < 4.78 is 13.2. The van der Waals surface area contributed by atoms with E-state index in [4.69, 9.17) is 9.47 Å². The van der Waals surface area contributed by atoms with Crippen molar-refractivity contribution in [1.82, 2.24) is 14.8 Å². The van der Waals surface area contributed by atoms with Gasteiger partial charge in [0.1, 0.15) is 17.4 Å². The molecule has 3 aromatic rings. The third kappa shape index (κ3) is 5.58. The molecule has 1 amide bonds. The number of nitrogens with one attached hydrogen (secondary N) is 1. The van der Waals surface area contributed by atoms with Crippen LogP contribution >= 0.6 is 39.0 Å². The van der Waals surface area contributed by atoms with Crippen LogP contribution in [0.4, 0.5) is 5.00 Å². The number of benzene rings is 1. The molecule has 1 aromatic carbocycles. The minimum atomic E-state index is -0.488. The number of ether oxygens (including phenoxy) is 2. The first-order valence-electron chi connectivity index (χ1n) is 8.33. The first-order chi connectivity index (χ1) is 14.0. The van der Waals surface area contributed by atoms with Gasteiger partial charge in [-0.15, -0.1) is 21.5 Å². The molecule has 29 heavy (non-hydrogen) atoms. The number of hydrogen-bond acceptors (Lipinski definition) is 8. The number of nitrogens with zero attached hydrogens (tertiary/aromatic N) is 3. The highest BCUT2D eigenvalue weighted by Crippen LogP contribution is 2.25. The standard InChI is InChI=1S/C18H17BrN4O4S2/c1-23-14(9-27-12-5-3-11(19)4-6-12)21-22-18(23)29-10-15(24)20-16-13(7-8-28-16)17(25)26-2/h3-8H,9-10H2,1-2H3,(H,20,24). The molecule has 0 fully saturated rings. The normalized spacial score (nSPS) is 10.6. The van der Waals surface area contributed by atoms with Crippen molar-refractivity contribution >= 4 is 55.9 Å². The zero-order chi connectivity index (χ0) is 20.8. The van der Waals surface area contributed by atoms with Crippen LogP contribution in [0.5, 0.6) is 5.75 Å². The molecule has 11 heteroatoms. The summed E-state index contributed by atoms with van der Waals surface area (Å²) in [7, 11) is 3.11. The van der Waals surface area contributed by atoms with Gasteiger partial charge in [0.15, 0.2) is 11.0 Å². The van der Waals surface area contributed by atoms with Gasteiger partial charge in [-0.1, -0.05) is 27.7 Å². The van der Waals surface area contributed by atoms with Crippen molar-refractivity contribution in [2.24, 2.45) is 7.05 Å². The quantitative estimate of drug-likeness (QED) is 0.374. The number of rotatable bonds is 8. The average Bonchev–Trinajstić information content (AvgIpc) is 3.32. The van der Waals surface area contributed by atoms with Gasteiger partial charge < -0.3 is 19.4 Å². The molecule has 152 valence electrons. The molecule has 2 heterocycles. The summed E-state index contributed by atoms with van der Waals surface area (Å²) in [6.07, 6.45) is 0. The lowest BCUT2D eigenvalue weighted by Crippen LogP contribution is -2.16. The van der Waals surface area contributed by atoms with Crippen LogP contribution in [0.15, 0.2) is 45.3 Å². The number of aromatic nitrogens is 3. The second-order valence-electron chi connectivity index (χ2n) is 5.69. The van der Waals surface area contributed by atoms with Crippen LogP contribution < -0.4 is 10.1 Å². The Balaban J connectivity index is 1.53. The van der Waals surface area contributed by atoms with Crippen LogP contribution in [0, 0.1) is 0 Å². The Kier molecular flexibility index (Phi) is 7.29. The van der Waals surface area contributed by atoms with E-state index >= 15 is 0 Å². The number of anilines is 1. The fraction of sp³-hybridized carbons (Fsp3) is 0.222. The molecule has 1 N–H and O–H groups in total. The van der Waals surface area contributed by atoms with Crippen LogP contribution in [0.1, 0.15) is 16.2 Å². The molecule has 0 aliphatic rings. The highest BCUT2D eigenvalue weighted by atomic mass is 79.9. The van der Waals surface area contributed by atoms with E-state index in [0.29, 0.717) is 21.5 Å². The molecule has 0 aliphatic carbocycles. The number of carbonyl (C=O) groups is 2. The molecule has 0 saturated heterocycles. The van der Waals surface area contributed by atoms with E-state index in [-0.39, 0.29) is 18.3 Å². The van der Waals surface area contributed by atoms with E-state index in [1.54, 1.807) is 16.0 Å². The maximum Gasteiger partial charge on any atom is 0.340 e. The number of thiophene rings is 1. The van der Waals surface area contributed by atoms with Gasteiger partial charge in [-0.2, -0.15) is 0 Å². The first kappa shape index (κ1) is 21.3. The fourth-order valence-corrected chi connectivity index (χ4v) is 4.03. The lowest BCUT2D eigenvalue weighted by molar-refractivity contribution is -0.113. The smallest absolute Gasteiger partial charge is 0.340 e. The van der Waals surface area contributed by atoms with E-state index < -0.39 is 5.97 Å². The molecular weight excluding hydrogens is 480 g/mol. The van der Waals surface area contributed by atoms with Gasteiger partial charge in [-0.05, 0) is 35.7 Å². The van der Waals surface area contributed by atoms with Crippen molar-refractivity contribution in [3.63, 3.8) is 0 Å². The third-order valence-electron chi connectivity index (χ3n) is 3.76. The van der Waals surface area contributed by atoms with Crippen molar-refractivity contribution in [2.75, 3.05) is 18.2 Å². The second kappa shape index (κ2) is 9.90. The Morgan fingerprint density at radius 1 is 1.24 bits per heavy atom. The summed E-state index contributed by atoms with van der Waals surface area (Å²) in [5, 5.41) is 13.7. The van der Waals surface area contributed by atoms with Crippen molar-refractivity contribution < 1.29 is 19.1 Å². The largest absolute Gasteiger partial charge is 0.486 e. The minimum absolute atomic E-state index is 0.123. The monoisotopic (exact) mass is 496 g/mol. The number of esters is 1. The highest BCUT2D eigenvalue weighted by Gasteiger charge is 2.17. The van der Waals surface area contributed by atoms with Gasteiger partial charge >= 0.3 is 5.97 Å². The summed E-state index contributed by atoms with van der Waals surface area (Å²) in [6, 6.07) is 9.11. The zero-order valence-electron chi connectivity index (χ0n) is 15.5. The van der Waals surface area contributed by atoms with Gasteiger partial charge in [0.2, 0.25) is 5.91 Å². The Bertz CT molecular complexity index is 1000. The van der Waals surface area contributed by atoms with Crippen LogP contribution in [0.25, 0.3) is 0 Å². The summed E-state index contributed by atoms with van der Waals surface area (Å²) in [6.45, 7) is 0.259. The van der Waals surface area contributed by atoms with Crippen LogP contribution in [-0.2, 0) is 23.2 Å². The summed E-state index contributed by atoms with van der Waals surface area (Å²) >= 11 is 5.89. The molecule has 0 aliphatic heterocycles. The SMILES string of the molecule is COC(=O)c1ccsc1NC(=O)CSc1nnc(COc2ccc(Br)cc2)n1C. The number of carbonyl (C=O) groups excluding carboxylic acids is 2. The predicted molar refractivity (Wildman–Crippen MR) is 114 cm³/mol. The summed E-state index contributed by atoms with van der Waals surface area (Å²) in [5.74, 6) is 0.748. The van der Waals surface area contributed by atoms with Crippen molar-refractivity contribution in [3.8, 4) is 5.75 Å². The molecule has 0 atom stereocenters.